The highest BCUT2D eigenvalue weighted by Crippen LogP contribution is 2.27. The average molecular weight is 424 g/mol. The highest BCUT2D eigenvalue weighted by atomic mass is 16.4. The number of amidine groups is 1. The smallest absolute Gasteiger partial charge is 0.242 e. The number of oxime groups is 1. The van der Waals surface area contributed by atoms with Crippen molar-refractivity contribution in [3.8, 4) is 0 Å². The molecule has 3 rings (SSSR count). The lowest BCUT2D eigenvalue weighted by molar-refractivity contribution is -0.130. The molecule has 1 unspecified atom stereocenters. The Bertz CT molecular complexity index is 915. The Hall–Kier alpha value is -3.39. The largest absolute Gasteiger partial charge is 0.409 e. The van der Waals surface area contributed by atoms with Crippen molar-refractivity contribution in [3.05, 3.63) is 71.3 Å². The minimum Gasteiger partial charge on any atom is -0.409 e. The summed E-state index contributed by atoms with van der Waals surface area (Å²) in [4.78, 5) is 25.1. The average Bonchev–Trinajstić information content (AvgIpc) is 2.82. The lowest BCUT2D eigenvalue weighted by Crippen LogP contribution is -2.53. The minimum absolute atomic E-state index is 0.0257. The van der Waals surface area contributed by atoms with E-state index in [9.17, 15) is 9.59 Å². The van der Waals surface area contributed by atoms with Gasteiger partial charge in [-0.15, -0.1) is 0 Å². The van der Waals surface area contributed by atoms with Gasteiger partial charge in [0.25, 0.3) is 0 Å². The predicted octanol–water partition coefficient (Wildman–Crippen LogP) is 1.44. The second kappa shape index (κ2) is 10.6. The van der Waals surface area contributed by atoms with Gasteiger partial charge < -0.3 is 26.9 Å². The molecule has 8 nitrogen and oxygen atoms in total. The molecule has 31 heavy (non-hydrogen) atoms. The summed E-state index contributed by atoms with van der Waals surface area (Å²) in [6, 6.07) is 16.2. The molecular formula is C23H29N5O3. The van der Waals surface area contributed by atoms with Gasteiger partial charge in [0.15, 0.2) is 5.84 Å². The number of hydrogen-bond acceptors (Lipinski definition) is 5. The van der Waals surface area contributed by atoms with E-state index in [4.69, 9.17) is 10.9 Å². The molecule has 1 aliphatic heterocycles. The minimum atomic E-state index is -0.650. The third kappa shape index (κ3) is 6.05. The molecule has 0 aromatic heterocycles. The number of amides is 2. The van der Waals surface area contributed by atoms with Crippen molar-refractivity contribution >= 4 is 17.6 Å². The maximum Gasteiger partial charge on any atom is 0.242 e. The van der Waals surface area contributed by atoms with Crippen LogP contribution in [0.25, 0.3) is 0 Å². The van der Waals surface area contributed by atoms with E-state index < -0.39 is 6.04 Å². The van der Waals surface area contributed by atoms with Crippen LogP contribution in [0.3, 0.4) is 0 Å². The maximum absolute atomic E-state index is 12.7. The summed E-state index contributed by atoms with van der Waals surface area (Å²) >= 11 is 0. The Balaban J connectivity index is 1.48. The molecule has 1 heterocycles. The molecule has 0 aliphatic carbocycles. The Morgan fingerprint density at radius 3 is 2.58 bits per heavy atom. The lowest BCUT2D eigenvalue weighted by atomic mass is 9.86. The number of nitrogens with two attached hydrogens (primary N) is 1. The molecule has 0 radical (unpaired) electrons. The molecule has 0 saturated carbocycles. The first-order valence-corrected chi connectivity index (χ1v) is 10.4. The van der Waals surface area contributed by atoms with Crippen molar-refractivity contribution in [2.24, 2.45) is 10.9 Å². The molecule has 164 valence electrons. The fraction of sp³-hybridized carbons (Fsp3) is 0.348. The van der Waals surface area contributed by atoms with Gasteiger partial charge in [-0.2, -0.15) is 0 Å². The van der Waals surface area contributed by atoms with Crippen LogP contribution >= 0.6 is 0 Å². The van der Waals surface area contributed by atoms with Crippen LogP contribution in [0.5, 0.6) is 0 Å². The highest BCUT2D eigenvalue weighted by molar-refractivity contribution is 5.97. The van der Waals surface area contributed by atoms with Crippen LogP contribution < -0.4 is 21.7 Å². The van der Waals surface area contributed by atoms with Crippen molar-refractivity contribution in [1.82, 2.24) is 16.0 Å². The summed E-state index contributed by atoms with van der Waals surface area (Å²) in [6.07, 6.45) is 1.69. The summed E-state index contributed by atoms with van der Waals surface area (Å²) < 4.78 is 0. The third-order valence-corrected chi connectivity index (χ3v) is 5.57. The zero-order valence-electron chi connectivity index (χ0n) is 17.5. The molecule has 2 aromatic rings. The second-order valence-electron chi connectivity index (χ2n) is 7.77. The van der Waals surface area contributed by atoms with Crippen LogP contribution in [0.1, 0.15) is 42.4 Å². The highest BCUT2D eigenvalue weighted by Gasteiger charge is 2.29. The van der Waals surface area contributed by atoms with E-state index in [1.807, 2.05) is 18.2 Å². The molecule has 8 heteroatoms. The first kappa shape index (κ1) is 22.3. The summed E-state index contributed by atoms with van der Waals surface area (Å²) in [6.45, 7) is 2.75. The van der Waals surface area contributed by atoms with E-state index in [-0.39, 0.29) is 23.7 Å². The van der Waals surface area contributed by atoms with Gasteiger partial charge in [-0.1, -0.05) is 59.8 Å². The topological polar surface area (TPSA) is 129 Å². The SMILES string of the molecule is CC(NC(=O)[C@H]1C[C@@H](c2ccccc2)CCN1)C(=O)NCc1ccc(/C(N)=N/O)cc1. The molecule has 6 N–H and O–H groups in total. The van der Waals surface area contributed by atoms with Crippen molar-refractivity contribution in [1.29, 1.82) is 0 Å². The first-order valence-electron chi connectivity index (χ1n) is 10.4. The maximum atomic E-state index is 12.7. The van der Waals surface area contributed by atoms with Crippen LogP contribution in [0, 0.1) is 0 Å². The normalized spacial score (nSPS) is 20.0. The zero-order valence-corrected chi connectivity index (χ0v) is 17.5. The fourth-order valence-corrected chi connectivity index (χ4v) is 3.72. The predicted molar refractivity (Wildman–Crippen MR) is 119 cm³/mol. The number of benzene rings is 2. The number of carbonyl (C=O) groups excluding carboxylic acids is 2. The summed E-state index contributed by atoms with van der Waals surface area (Å²) in [5.74, 6) is -0.0661. The van der Waals surface area contributed by atoms with Crippen molar-refractivity contribution in [2.75, 3.05) is 6.54 Å². The van der Waals surface area contributed by atoms with E-state index in [0.29, 0.717) is 24.4 Å². The van der Waals surface area contributed by atoms with Gasteiger partial charge in [0.05, 0.1) is 6.04 Å². The van der Waals surface area contributed by atoms with Crippen molar-refractivity contribution < 1.29 is 14.8 Å². The summed E-state index contributed by atoms with van der Waals surface area (Å²) in [5.41, 5.74) is 8.23. The van der Waals surface area contributed by atoms with Gasteiger partial charge in [0.1, 0.15) is 6.04 Å². The van der Waals surface area contributed by atoms with Gasteiger partial charge in [0.2, 0.25) is 11.8 Å². The number of rotatable bonds is 7. The molecule has 0 spiro atoms. The Morgan fingerprint density at radius 1 is 1.19 bits per heavy atom. The van der Waals surface area contributed by atoms with Crippen molar-refractivity contribution in [2.45, 2.75) is 44.3 Å². The van der Waals surface area contributed by atoms with Crippen LogP contribution in [0.4, 0.5) is 0 Å². The molecule has 3 atom stereocenters. The lowest BCUT2D eigenvalue weighted by Gasteiger charge is -2.30. The molecule has 0 bridgehead atoms. The van der Waals surface area contributed by atoms with E-state index in [1.165, 1.54) is 5.56 Å². The summed E-state index contributed by atoms with van der Waals surface area (Å²) in [7, 11) is 0. The zero-order chi connectivity index (χ0) is 22.2. The van der Waals surface area contributed by atoms with Crippen LogP contribution in [-0.4, -0.2) is 41.5 Å². The second-order valence-corrected chi connectivity index (χ2v) is 7.77. The molecule has 2 aromatic carbocycles. The van der Waals surface area contributed by atoms with Crippen LogP contribution in [-0.2, 0) is 16.1 Å². The number of nitrogens with one attached hydrogen (secondary N) is 3. The molecule has 1 saturated heterocycles. The summed E-state index contributed by atoms with van der Waals surface area (Å²) in [5, 5.41) is 20.5. The fourth-order valence-electron chi connectivity index (χ4n) is 3.72. The van der Waals surface area contributed by atoms with Gasteiger partial charge in [0, 0.05) is 12.1 Å². The van der Waals surface area contributed by atoms with E-state index >= 15 is 0 Å². The Morgan fingerprint density at radius 2 is 1.90 bits per heavy atom. The van der Waals surface area contributed by atoms with Crippen LogP contribution in [0.2, 0.25) is 0 Å². The first-order chi connectivity index (χ1) is 15.0. The standard InChI is InChI=1S/C23H29N5O3/c1-15(22(29)26-14-16-7-9-18(10-8-16)21(24)28-31)27-23(30)20-13-19(11-12-25-20)17-5-3-2-4-6-17/h2-10,15,19-20,25,31H,11-14H2,1H3,(H2,24,28)(H,26,29)(H,27,30)/t15?,19-,20+/m0/s1. The number of carbonyl (C=O) groups is 2. The van der Waals surface area contributed by atoms with E-state index in [2.05, 4.69) is 33.2 Å². The third-order valence-electron chi connectivity index (χ3n) is 5.57. The monoisotopic (exact) mass is 423 g/mol. The number of piperidine rings is 1. The Kier molecular flexibility index (Phi) is 7.61. The number of nitrogens with zero attached hydrogens (tertiary/aromatic N) is 1. The van der Waals surface area contributed by atoms with Crippen molar-refractivity contribution in [3.63, 3.8) is 0 Å². The van der Waals surface area contributed by atoms with Crippen LogP contribution in [0.15, 0.2) is 59.8 Å². The molecular weight excluding hydrogens is 394 g/mol. The van der Waals surface area contributed by atoms with Gasteiger partial charge in [-0.05, 0) is 43.4 Å². The molecule has 2 amide bonds. The number of hydrogen-bond donors (Lipinski definition) is 5. The van der Waals surface area contributed by atoms with Gasteiger partial charge >= 0.3 is 0 Å². The van der Waals surface area contributed by atoms with E-state index in [1.54, 1.807) is 31.2 Å². The molecule has 1 fully saturated rings. The van der Waals surface area contributed by atoms with E-state index in [0.717, 1.165) is 18.5 Å². The quantitative estimate of drug-likeness (QED) is 0.199. The van der Waals surface area contributed by atoms with Gasteiger partial charge in [-0.25, -0.2) is 0 Å². The molecule has 1 aliphatic rings. The van der Waals surface area contributed by atoms with Gasteiger partial charge in [-0.3, -0.25) is 9.59 Å². The Labute approximate surface area is 181 Å².